The summed E-state index contributed by atoms with van der Waals surface area (Å²) in [5.41, 5.74) is 7.18. The number of hydrogen-bond acceptors (Lipinski definition) is 11. The number of nitrogens with one attached hydrogen (secondary N) is 2. The average Bonchev–Trinajstić information content (AvgIpc) is 3.51. The molecule has 316 valence electrons. The number of ether oxygens (including phenoxy) is 2. The minimum Gasteiger partial charge on any atom is -0.496 e. The number of pyridine rings is 1. The summed E-state index contributed by atoms with van der Waals surface area (Å²) in [5.74, 6) is -0.543. The van der Waals surface area contributed by atoms with Crippen LogP contribution in [0.1, 0.15) is 63.1 Å². The summed E-state index contributed by atoms with van der Waals surface area (Å²) in [5, 5.41) is 4.91. The zero-order valence-corrected chi connectivity index (χ0v) is 34.7. The summed E-state index contributed by atoms with van der Waals surface area (Å²) in [6.45, 7) is 7.39. The highest BCUT2D eigenvalue weighted by Gasteiger charge is 2.45. The lowest BCUT2D eigenvalue weighted by atomic mass is 9.91. The normalized spacial score (nSPS) is 19.9. The number of benzene rings is 2. The fraction of sp³-hybridized carbons (Fsp3) is 0.455. The van der Waals surface area contributed by atoms with Crippen molar-refractivity contribution >= 4 is 35.3 Å². The quantitative estimate of drug-likeness (QED) is 0.241. The molecule has 0 bridgehead atoms. The Bertz CT molecular complexity index is 2310. The van der Waals surface area contributed by atoms with Crippen LogP contribution in [0.5, 0.6) is 11.5 Å². The Labute approximate surface area is 348 Å². The number of likely N-dealkylation sites (tertiary alicyclic amines) is 1. The number of urea groups is 1. The highest BCUT2D eigenvalue weighted by Crippen LogP contribution is 2.39. The van der Waals surface area contributed by atoms with Gasteiger partial charge in [0.2, 0.25) is 11.8 Å². The number of amides is 6. The number of piperazine rings is 1. The number of fused-ring (bicyclic) bond motifs is 2. The predicted octanol–water partition coefficient (Wildman–Crippen LogP) is 2.51. The van der Waals surface area contributed by atoms with E-state index in [9.17, 15) is 28.8 Å². The molecule has 3 saturated heterocycles. The van der Waals surface area contributed by atoms with Gasteiger partial charge in [-0.25, -0.2) is 4.79 Å². The zero-order valence-electron chi connectivity index (χ0n) is 34.7. The van der Waals surface area contributed by atoms with Crippen LogP contribution in [0.4, 0.5) is 10.5 Å². The molecular formula is C44H52N8O8. The van der Waals surface area contributed by atoms with E-state index >= 15 is 0 Å². The first-order chi connectivity index (χ1) is 29.0. The molecule has 5 aliphatic rings. The second-order valence-electron chi connectivity index (χ2n) is 16.1. The molecule has 0 radical (unpaired) electrons. The van der Waals surface area contributed by atoms with Crippen LogP contribution < -0.4 is 30.6 Å². The number of hydrogen-bond donors (Lipinski definition) is 2. The van der Waals surface area contributed by atoms with Crippen molar-refractivity contribution in [3.8, 4) is 22.6 Å². The number of piperidine rings is 2. The molecule has 1 atom stereocenters. The van der Waals surface area contributed by atoms with E-state index in [4.69, 9.17) is 9.47 Å². The Morgan fingerprint density at radius 2 is 1.52 bits per heavy atom. The molecule has 5 aliphatic heterocycles. The van der Waals surface area contributed by atoms with Crippen LogP contribution in [0.25, 0.3) is 11.1 Å². The number of nitrogens with zero attached hydrogens (tertiary/aromatic N) is 6. The van der Waals surface area contributed by atoms with Crippen LogP contribution in [0.3, 0.4) is 0 Å². The molecule has 2 aromatic carbocycles. The van der Waals surface area contributed by atoms with Gasteiger partial charge in [0.15, 0.2) is 0 Å². The lowest BCUT2D eigenvalue weighted by molar-refractivity contribution is -0.136. The molecule has 1 unspecified atom stereocenters. The van der Waals surface area contributed by atoms with Crippen molar-refractivity contribution in [2.24, 2.45) is 7.05 Å². The summed E-state index contributed by atoms with van der Waals surface area (Å²) in [7, 11) is 6.68. The van der Waals surface area contributed by atoms with Gasteiger partial charge in [-0.05, 0) is 67.1 Å². The highest BCUT2D eigenvalue weighted by atomic mass is 16.5. The van der Waals surface area contributed by atoms with Crippen LogP contribution in [0, 0.1) is 0 Å². The summed E-state index contributed by atoms with van der Waals surface area (Å²) in [6.07, 6.45) is 6.96. The smallest absolute Gasteiger partial charge is 0.317 e. The molecule has 16 nitrogen and oxygen atoms in total. The fourth-order valence-electron chi connectivity index (χ4n) is 9.20. The molecule has 8 rings (SSSR count). The molecule has 3 aromatic rings. The summed E-state index contributed by atoms with van der Waals surface area (Å²) in [4.78, 5) is 85.9. The first-order valence-corrected chi connectivity index (χ1v) is 20.6. The van der Waals surface area contributed by atoms with E-state index in [-0.39, 0.29) is 36.5 Å². The van der Waals surface area contributed by atoms with Gasteiger partial charge < -0.3 is 29.2 Å². The molecule has 6 amide bonds. The van der Waals surface area contributed by atoms with Crippen LogP contribution in [0.2, 0.25) is 0 Å². The second kappa shape index (κ2) is 16.9. The maximum absolute atomic E-state index is 13.3. The zero-order chi connectivity index (χ0) is 42.2. The predicted molar refractivity (Wildman–Crippen MR) is 223 cm³/mol. The number of methoxy groups -OCH3 is 2. The van der Waals surface area contributed by atoms with Crippen molar-refractivity contribution in [2.75, 3.05) is 78.5 Å². The van der Waals surface area contributed by atoms with Gasteiger partial charge in [0.1, 0.15) is 17.5 Å². The number of aryl methyl sites for hydroxylation is 1. The molecule has 0 aliphatic carbocycles. The van der Waals surface area contributed by atoms with Gasteiger partial charge in [0, 0.05) is 102 Å². The minimum atomic E-state index is -0.980. The van der Waals surface area contributed by atoms with Crippen molar-refractivity contribution < 1.29 is 33.4 Å². The van der Waals surface area contributed by atoms with Gasteiger partial charge in [-0.3, -0.25) is 44.0 Å². The van der Waals surface area contributed by atoms with Gasteiger partial charge in [-0.1, -0.05) is 11.6 Å². The first-order valence-electron chi connectivity index (χ1n) is 20.6. The summed E-state index contributed by atoms with van der Waals surface area (Å²) in [6, 6.07) is 8.18. The number of imide groups is 2. The molecule has 1 aromatic heterocycles. The highest BCUT2D eigenvalue weighted by molar-refractivity contribution is 6.23. The number of rotatable bonds is 9. The van der Waals surface area contributed by atoms with Crippen LogP contribution >= 0.6 is 0 Å². The van der Waals surface area contributed by atoms with Crippen molar-refractivity contribution in [1.82, 2.24) is 34.8 Å². The van der Waals surface area contributed by atoms with Crippen LogP contribution in [-0.4, -0.2) is 133 Å². The molecule has 16 heteroatoms. The lowest BCUT2D eigenvalue weighted by Gasteiger charge is -2.36. The third-order valence-corrected chi connectivity index (χ3v) is 12.7. The van der Waals surface area contributed by atoms with Crippen molar-refractivity contribution in [1.29, 1.82) is 0 Å². The topological polar surface area (TPSA) is 166 Å². The number of aromatic nitrogens is 1. The Morgan fingerprint density at radius 1 is 0.817 bits per heavy atom. The van der Waals surface area contributed by atoms with Gasteiger partial charge in [-0.2, -0.15) is 0 Å². The average molecular weight is 821 g/mol. The van der Waals surface area contributed by atoms with E-state index in [2.05, 4.69) is 31.4 Å². The Hall–Kier alpha value is -6.00. The Morgan fingerprint density at radius 3 is 2.18 bits per heavy atom. The Kier molecular flexibility index (Phi) is 11.5. The van der Waals surface area contributed by atoms with Crippen molar-refractivity contribution in [2.45, 2.75) is 51.2 Å². The number of anilines is 1. The van der Waals surface area contributed by atoms with E-state index in [1.54, 1.807) is 49.9 Å². The van der Waals surface area contributed by atoms with Gasteiger partial charge >= 0.3 is 6.03 Å². The standard InChI is InChI=1S/C44H52N8O8/c1-45-44(58)51-16-12-30-33(24-47(2)41(55)34(30)26-51)28-21-37(59-3)35(38(22-28)60-4)25-49-14-10-27(11-15-49)9-13-48-17-19-50(20-18-48)29-5-6-31-32(23-29)43(57)52(42(31)56)36-7-8-39(53)46-40(36)54/h5-6,9,21-24,36H,7-8,10-20,25-26H2,1-4H3,(H,45,58)(H,46,53,54). The molecule has 6 heterocycles. The van der Waals surface area contributed by atoms with Crippen molar-refractivity contribution in [3.63, 3.8) is 0 Å². The summed E-state index contributed by atoms with van der Waals surface area (Å²) >= 11 is 0. The van der Waals surface area contributed by atoms with Crippen LogP contribution in [0.15, 0.2) is 53.0 Å². The third-order valence-electron chi connectivity index (χ3n) is 12.7. The largest absolute Gasteiger partial charge is 0.496 e. The molecule has 0 spiro atoms. The molecule has 60 heavy (non-hydrogen) atoms. The minimum absolute atomic E-state index is 0.0870. The van der Waals surface area contributed by atoms with E-state index < -0.39 is 29.7 Å². The fourth-order valence-corrected chi connectivity index (χ4v) is 9.20. The lowest BCUT2D eigenvalue weighted by Crippen LogP contribution is -2.54. The number of carbonyl (C=O) groups excluding carboxylic acids is 5. The van der Waals surface area contributed by atoms with E-state index in [1.807, 2.05) is 24.4 Å². The molecular weight excluding hydrogens is 769 g/mol. The molecule has 2 N–H and O–H groups in total. The second-order valence-corrected chi connectivity index (χ2v) is 16.1. The summed E-state index contributed by atoms with van der Waals surface area (Å²) < 4.78 is 13.5. The Balaban J connectivity index is 0.860. The third kappa shape index (κ3) is 7.76. The maximum atomic E-state index is 13.3. The molecule has 0 saturated carbocycles. The molecule has 3 fully saturated rings. The van der Waals surface area contributed by atoms with Crippen molar-refractivity contribution in [3.05, 3.63) is 86.3 Å². The van der Waals surface area contributed by atoms with Gasteiger partial charge in [-0.15, -0.1) is 0 Å². The number of carbonyl (C=O) groups is 5. The van der Waals surface area contributed by atoms with Gasteiger partial charge in [0.25, 0.3) is 17.4 Å². The monoisotopic (exact) mass is 820 g/mol. The van der Waals surface area contributed by atoms with Crippen LogP contribution in [-0.2, 0) is 36.1 Å². The van der Waals surface area contributed by atoms with E-state index in [0.29, 0.717) is 30.6 Å². The van der Waals surface area contributed by atoms with E-state index in [0.717, 1.165) is 103 Å². The maximum Gasteiger partial charge on any atom is 0.317 e. The SMILES string of the molecule is CNC(=O)N1CCc2c(-c3cc(OC)c(CN4CCC(=CCN5CCN(c6ccc7c(c6)C(=O)N(C6CCC(=O)NC6=O)C7=O)CC5)CC4)c(OC)c3)cn(C)c(=O)c2C1. The van der Waals surface area contributed by atoms with Gasteiger partial charge in [0.05, 0.1) is 37.5 Å². The van der Waals surface area contributed by atoms with E-state index in [1.165, 1.54) is 5.57 Å². The first kappa shape index (κ1) is 40.8.